The van der Waals surface area contributed by atoms with Crippen LogP contribution in [0.1, 0.15) is 19.3 Å². The van der Waals surface area contributed by atoms with Crippen LogP contribution in [0.25, 0.3) is 11.1 Å². The molecule has 0 spiro atoms. The van der Waals surface area contributed by atoms with Crippen LogP contribution in [-0.2, 0) is 14.3 Å². The minimum absolute atomic E-state index is 0.0453. The van der Waals surface area contributed by atoms with Gasteiger partial charge in [-0.05, 0) is 36.1 Å². The normalized spacial score (nSPS) is 27.3. The SMILES string of the molecule is O=C(C[C@H]1CC[C@H]2NC[C@@H](O)COC[C@@H]2O1)Nc1ccc(-c2ccccc2)cc1. The van der Waals surface area contributed by atoms with Gasteiger partial charge in [0.15, 0.2) is 0 Å². The molecule has 0 saturated carbocycles. The van der Waals surface area contributed by atoms with Gasteiger partial charge in [-0.1, -0.05) is 42.5 Å². The highest BCUT2D eigenvalue weighted by atomic mass is 16.5. The molecule has 0 aliphatic carbocycles. The number of β-amino-alcohol motifs (C(OH)–C–C–N with tert-alkyl or cyclic N) is 1. The third-order valence-corrected chi connectivity index (χ3v) is 5.51. The number of carbonyl (C=O) groups is 1. The van der Waals surface area contributed by atoms with Crippen LogP contribution in [0, 0.1) is 0 Å². The average molecular weight is 396 g/mol. The van der Waals surface area contributed by atoms with E-state index in [4.69, 9.17) is 9.47 Å². The summed E-state index contributed by atoms with van der Waals surface area (Å²) < 4.78 is 11.7. The van der Waals surface area contributed by atoms with Crippen molar-refractivity contribution < 1.29 is 19.4 Å². The third-order valence-electron chi connectivity index (χ3n) is 5.51. The Hall–Kier alpha value is -2.25. The summed E-state index contributed by atoms with van der Waals surface area (Å²) in [6.07, 6.45) is 1.36. The van der Waals surface area contributed by atoms with Crippen molar-refractivity contribution in [2.24, 2.45) is 0 Å². The minimum atomic E-state index is -0.479. The largest absolute Gasteiger partial charge is 0.389 e. The zero-order chi connectivity index (χ0) is 20.1. The highest BCUT2D eigenvalue weighted by Gasteiger charge is 2.33. The Labute approximate surface area is 171 Å². The Bertz CT molecular complexity index is 796. The Morgan fingerprint density at radius 1 is 1.03 bits per heavy atom. The fraction of sp³-hybridized carbons (Fsp3) is 0.435. The van der Waals surface area contributed by atoms with Gasteiger partial charge in [-0.15, -0.1) is 0 Å². The quantitative estimate of drug-likeness (QED) is 0.740. The van der Waals surface area contributed by atoms with E-state index in [-0.39, 0.29) is 24.2 Å². The highest BCUT2D eigenvalue weighted by Crippen LogP contribution is 2.25. The van der Waals surface area contributed by atoms with Crippen molar-refractivity contribution in [3.8, 4) is 11.1 Å². The number of rotatable bonds is 4. The van der Waals surface area contributed by atoms with E-state index in [9.17, 15) is 9.90 Å². The van der Waals surface area contributed by atoms with Crippen molar-refractivity contribution in [3.63, 3.8) is 0 Å². The van der Waals surface area contributed by atoms with Crippen molar-refractivity contribution in [3.05, 3.63) is 54.6 Å². The number of carbonyl (C=O) groups excluding carboxylic acids is 1. The summed E-state index contributed by atoms with van der Waals surface area (Å²) in [6, 6.07) is 18.2. The number of nitrogens with one attached hydrogen (secondary N) is 2. The molecule has 3 N–H and O–H groups in total. The molecule has 2 aromatic rings. The Morgan fingerprint density at radius 3 is 2.59 bits per heavy atom. The predicted octanol–water partition coefficient (Wildman–Crippen LogP) is 2.58. The number of aliphatic hydroxyl groups is 1. The van der Waals surface area contributed by atoms with Gasteiger partial charge in [-0.25, -0.2) is 0 Å². The van der Waals surface area contributed by atoms with E-state index < -0.39 is 6.10 Å². The zero-order valence-electron chi connectivity index (χ0n) is 16.4. The van der Waals surface area contributed by atoms with Crippen molar-refractivity contribution in [2.75, 3.05) is 25.1 Å². The van der Waals surface area contributed by atoms with Crippen molar-refractivity contribution in [1.82, 2.24) is 5.32 Å². The topological polar surface area (TPSA) is 79.8 Å². The van der Waals surface area contributed by atoms with Crippen LogP contribution in [0.3, 0.4) is 0 Å². The smallest absolute Gasteiger partial charge is 0.226 e. The molecule has 4 atom stereocenters. The minimum Gasteiger partial charge on any atom is -0.389 e. The summed E-state index contributed by atoms with van der Waals surface area (Å²) in [5, 5.41) is 16.0. The van der Waals surface area contributed by atoms with Crippen LogP contribution in [0.4, 0.5) is 5.69 Å². The van der Waals surface area contributed by atoms with Gasteiger partial charge >= 0.3 is 0 Å². The lowest BCUT2D eigenvalue weighted by atomic mass is 9.96. The second kappa shape index (κ2) is 9.50. The second-order valence-electron chi connectivity index (χ2n) is 7.78. The summed E-state index contributed by atoms with van der Waals surface area (Å²) in [6.45, 7) is 1.26. The number of hydrogen-bond donors (Lipinski definition) is 3. The average Bonchev–Trinajstić information content (AvgIpc) is 2.73. The number of anilines is 1. The molecule has 2 saturated heterocycles. The monoisotopic (exact) mass is 396 g/mol. The van der Waals surface area contributed by atoms with Gasteiger partial charge < -0.3 is 25.2 Å². The molecule has 29 heavy (non-hydrogen) atoms. The second-order valence-corrected chi connectivity index (χ2v) is 7.78. The number of ether oxygens (including phenoxy) is 2. The van der Waals surface area contributed by atoms with Crippen molar-refractivity contribution >= 4 is 11.6 Å². The fourth-order valence-electron chi connectivity index (χ4n) is 3.96. The summed E-state index contributed by atoms with van der Waals surface area (Å²) >= 11 is 0. The number of benzene rings is 2. The first-order valence-electron chi connectivity index (χ1n) is 10.3. The number of hydrogen-bond acceptors (Lipinski definition) is 5. The third kappa shape index (κ3) is 5.42. The molecule has 2 aliphatic rings. The number of aliphatic hydroxyl groups excluding tert-OH is 1. The van der Waals surface area contributed by atoms with Crippen LogP contribution >= 0.6 is 0 Å². The first-order chi connectivity index (χ1) is 14.2. The fourth-order valence-corrected chi connectivity index (χ4v) is 3.96. The van der Waals surface area contributed by atoms with Crippen LogP contribution in [0.15, 0.2) is 54.6 Å². The molecule has 0 bridgehead atoms. The van der Waals surface area contributed by atoms with Crippen molar-refractivity contribution in [1.29, 1.82) is 0 Å². The summed E-state index contributed by atoms with van der Waals surface area (Å²) in [5.41, 5.74) is 3.05. The molecule has 154 valence electrons. The van der Waals surface area contributed by atoms with Gasteiger partial charge in [-0.3, -0.25) is 4.79 Å². The van der Waals surface area contributed by atoms with E-state index in [1.54, 1.807) is 0 Å². The van der Waals surface area contributed by atoms with Gasteiger partial charge in [0.25, 0.3) is 0 Å². The molecular weight excluding hydrogens is 368 g/mol. The maximum absolute atomic E-state index is 12.5. The van der Waals surface area contributed by atoms with Gasteiger partial charge in [0.1, 0.15) is 0 Å². The van der Waals surface area contributed by atoms with Crippen molar-refractivity contribution in [2.45, 2.75) is 43.6 Å². The molecule has 0 unspecified atom stereocenters. The lowest BCUT2D eigenvalue weighted by Gasteiger charge is -2.38. The highest BCUT2D eigenvalue weighted by molar-refractivity contribution is 5.91. The molecule has 6 heteroatoms. The van der Waals surface area contributed by atoms with E-state index in [1.807, 2.05) is 42.5 Å². The van der Waals surface area contributed by atoms with E-state index in [2.05, 4.69) is 22.8 Å². The predicted molar refractivity (Wildman–Crippen MR) is 112 cm³/mol. The van der Waals surface area contributed by atoms with Crippen LogP contribution in [-0.4, -0.2) is 55.1 Å². The van der Waals surface area contributed by atoms with Gasteiger partial charge in [-0.2, -0.15) is 0 Å². The van der Waals surface area contributed by atoms with Gasteiger partial charge in [0.05, 0.1) is 37.9 Å². The molecule has 2 heterocycles. The van der Waals surface area contributed by atoms with Gasteiger partial charge in [0.2, 0.25) is 5.91 Å². The molecule has 2 aromatic carbocycles. The molecule has 2 aliphatic heterocycles. The standard InChI is InChI=1S/C23H28N2O4/c26-19-13-24-21-11-10-20(29-22(21)15-28-14-19)12-23(27)25-18-8-6-17(7-9-18)16-4-2-1-3-5-16/h1-9,19-22,24,26H,10-15H2,(H,25,27)/t19-,20-,21-,22+/m1/s1. The number of amides is 1. The molecule has 2 fully saturated rings. The van der Waals surface area contributed by atoms with E-state index in [0.29, 0.717) is 26.2 Å². The summed E-state index contributed by atoms with van der Waals surface area (Å²) in [5.74, 6) is -0.0453. The first-order valence-corrected chi connectivity index (χ1v) is 10.3. The number of fused-ring (bicyclic) bond motifs is 1. The van der Waals surface area contributed by atoms with Crippen LogP contribution in [0.5, 0.6) is 0 Å². The molecule has 6 nitrogen and oxygen atoms in total. The van der Waals surface area contributed by atoms with E-state index in [1.165, 1.54) is 0 Å². The van der Waals surface area contributed by atoms with Gasteiger partial charge in [0, 0.05) is 18.3 Å². The Balaban J connectivity index is 1.28. The van der Waals surface area contributed by atoms with Crippen LogP contribution < -0.4 is 10.6 Å². The molecule has 0 radical (unpaired) electrons. The van der Waals surface area contributed by atoms with E-state index in [0.717, 1.165) is 29.7 Å². The molecule has 4 rings (SSSR count). The lowest BCUT2D eigenvalue weighted by molar-refractivity contribution is -0.134. The maximum atomic E-state index is 12.5. The molecule has 0 aromatic heterocycles. The maximum Gasteiger partial charge on any atom is 0.226 e. The van der Waals surface area contributed by atoms with E-state index >= 15 is 0 Å². The molecule has 1 amide bonds. The Kier molecular flexibility index (Phi) is 6.56. The van der Waals surface area contributed by atoms with Crippen LogP contribution in [0.2, 0.25) is 0 Å². The summed E-state index contributed by atoms with van der Waals surface area (Å²) in [4.78, 5) is 12.5. The Morgan fingerprint density at radius 2 is 1.79 bits per heavy atom. The zero-order valence-corrected chi connectivity index (χ0v) is 16.4. The lowest BCUT2D eigenvalue weighted by Crippen LogP contribution is -2.53. The molecular formula is C23H28N2O4. The first kappa shape index (κ1) is 20.0. The summed E-state index contributed by atoms with van der Waals surface area (Å²) in [7, 11) is 0.